The number of halogens is 1. The number of nitrogens with one attached hydrogen (secondary N) is 2. The number of nitrogens with zero attached hydrogens (tertiary/aromatic N) is 3. The first-order valence-corrected chi connectivity index (χ1v) is 23.4. The summed E-state index contributed by atoms with van der Waals surface area (Å²) in [5.74, 6) is 0.363. The van der Waals surface area contributed by atoms with Gasteiger partial charge in [0.25, 0.3) is 11.8 Å². The van der Waals surface area contributed by atoms with Gasteiger partial charge in [0.2, 0.25) is 0 Å². The summed E-state index contributed by atoms with van der Waals surface area (Å²) in [4.78, 5) is 34.4. The minimum absolute atomic E-state index is 0.208. The second-order valence-corrected chi connectivity index (χ2v) is 16.4. The summed E-state index contributed by atoms with van der Waals surface area (Å²) in [6, 6.07) is 27.6. The van der Waals surface area contributed by atoms with Crippen LogP contribution in [0.2, 0.25) is 5.02 Å². The summed E-state index contributed by atoms with van der Waals surface area (Å²) in [6.07, 6.45) is 3.36. The summed E-state index contributed by atoms with van der Waals surface area (Å²) < 4.78 is 24.4. The van der Waals surface area contributed by atoms with E-state index >= 15 is 0 Å². The molecule has 1 amide bonds. The average molecular weight is 907 g/mol. The Morgan fingerprint density at radius 1 is 0.844 bits per heavy atom. The molecule has 1 atom stereocenters. The number of fused-ring (bicyclic) bond motifs is 5. The molecular weight excluding hydrogens is 846 g/mol. The molecule has 0 saturated heterocycles. The first kappa shape index (κ1) is 48.1. The summed E-state index contributed by atoms with van der Waals surface area (Å²) in [5, 5.41) is 13.2. The molecule has 0 fully saturated rings. The van der Waals surface area contributed by atoms with E-state index in [9.17, 15) is 9.59 Å². The highest BCUT2D eigenvalue weighted by molar-refractivity contribution is 7.13. The number of pyridine rings is 1. The third-order valence-electron chi connectivity index (χ3n) is 10.9. The number of aromatic nitrogens is 2. The van der Waals surface area contributed by atoms with Crippen molar-refractivity contribution in [2.45, 2.75) is 46.6 Å². The molecule has 0 aliphatic carbocycles. The Hall–Kier alpha value is -5.34. The van der Waals surface area contributed by atoms with Crippen LogP contribution in [0.4, 0.5) is 5.69 Å². The zero-order chi connectivity index (χ0) is 45.4. The molecule has 13 heteroatoms. The normalized spacial score (nSPS) is 11.9. The van der Waals surface area contributed by atoms with E-state index in [0.717, 1.165) is 98.0 Å². The van der Waals surface area contributed by atoms with Gasteiger partial charge in [-0.1, -0.05) is 57.2 Å². The zero-order valence-electron chi connectivity index (χ0n) is 37.6. The number of likely N-dealkylation sites (N-methyl/N-ethyl adjacent to an activating group) is 1. The van der Waals surface area contributed by atoms with Gasteiger partial charge in [0.1, 0.15) is 5.75 Å². The highest BCUT2D eigenvalue weighted by Gasteiger charge is 2.18. The minimum Gasteiger partial charge on any atom is -0.497 e. The van der Waals surface area contributed by atoms with Crippen LogP contribution in [0, 0.1) is 0 Å². The Labute approximate surface area is 385 Å². The van der Waals surface area contributed by atoms with Crippen molar-refractivity contribution in [3.05, 3.63) is 114 Å². The van der Waals surface area contributed by atoms with Crippen LogP contribution in [0.25, 0.3) is 54.1 Å². The van der Waals surface area contributed by atoms with Gasteiger partial charge in [0, 0.05) is 56.1 Å². The number of rotatable bonds is 23. The van der Waals surface area contributed by atoms with Crippen LogP contribution in [0.15, 0.2) is 103 Å². The number of carbonyl (C=O) groups is 2. The van der Waals surface area contributed by atoms with Crippen LogP contribution in [-0.4, -0.2) is 105 Å². The van der Waals surface area contributed by atoms with E-state index in [1.165, 1.54) is 6.08 Å². The predicted octanol–water partition coefficient (Wildman–Crippen LogP) is 11.1. The van der Waals surface area contributed by atoms with E-state index in [-0.39, 0.29) is 17.9 Å². The fraction of sp³-hybridized carbons (Fsp3) is 0.353. The van der Waals surface area contributed by atoms with E-state index in [4.69, 9.17) is 35.5 Å². The Morgan fingerprint density at radius 2 is 1.61 bits per heavy atom. The molecule has 0 radical (unpaired) electrons. The lowest BCUT2D eigenvalue weighted by molar-refractivity contribution is 0.0112. The molecule has 338 valence electrons. The Morgan fingerprint density at radius 3 is 2.34 bits per heavy atom. The molecule has 64 heavy (non-hydrogen) atoms. The van der Waals surface area contributed by atoms with Gasteiger partial charge in [0.15, 0.2) is 0 Å². The molecule has 0 saturated carbocycles. The summed E-state index contributed by atoms with van der Waals surface area (Å²) in [6.45, 7) is 18.1. The maximum Gasteiger partial charge on any atom is 0.254 e. The van der Waals surface area contributed by atoms with Crippen molar-refractivity contribution < 1.29 is 28.5 Å². The van der Waals surface area contributed by atoms with Gasteiger partial charge in [-0.2, -0.15) is 0 Å². The lowest BCUT2D eigenvalue weighted by Crippen LogP contribution is -2.30. The van der Waals surface area contributed by atoms with Crippen LogP contribution in [-0.2, 0) is 14.2 Å². The summed E-state index contributed by atoms with van der Waals surface area (Å²) in [7, 11) is 1.68. The van der Waals surface area contributed by atoms with Crippen molar-refractivity contribution in [2.24, 2.45) is 0 Å². The second-order valence-electron chi connectivity index (χ2n) is 15.1. The first-order valence-electron chi connectivity index (χ1n) is 22.1. The molecule has 1 unspecified atom stereocenters. The maximum absolute atomic E-state index is 13.1. The monoisotopic (exact) mass is 905 g/mol. The van der Waals surface area contributed by atoms with Crippen molar-refractivity contribution in [1.29, 1.82) is 0 Å². The topological polar surface area (TPSA) is 116 Å². The maximum atomic E-state index is 13.1. The molecule has 0 aliphatic heterocycles. The SMILES string of the molecule is C=CC(=O)n1c2ccc(C(=O)NCCOCCOCCOCCN(CC)CCCC(C)Nc3c4ccc(Cl)cc4nc4ccc(OC)cc34)cc2c2ccc(-c3cccs3)cc21.CC. The van der Waals surface area contributed by atoms with Gasteiger partial charge in [0.05, 0.1) is 74.5 Å². The first-order chi connectivity index (χ1) is 31.3. The fourth-order valence-corrected chi connectivity index (χ4v) is 8.60. The van der Waals surface area contributed by atoms with Crippen LogP contribution in [0.1, 0.15) is 55.7 Å². The molecule has 3 heterocycles. The molecule has 7 rings (SSSR count). The Kier molecular flexibility index (Phi) is 18.1. The third kappa shape index (κ3) is 12.1. The molecule has 11 nitrogen and oxygen atoms in total. The molecule has 4 aromatic carbocycles. The number of anilines is 1. The average Bonchev–Trinajstić information content (AvgIpc) is 3.98. The van der Waals surface area contributed by atoms with E-state index in [2.05, 4.69) is 42.0 Å². The van der Waals surface area contributed by atoms with Gasteiger partial charge in [-0.15, -0.1) is 11.3 Å². The standard InChI is InChI=1S/C49H54ClN5O6S.C2H6/c1-5-47(56)55-44-18-12-35(29-40(44)38-15-11-34(30-45(38)55)46-10-8-28-62-46)49(57)51-19-22-59-24-26-61-27-25-60-23-21-54(6-2)20-7-9-33(3)52-48-39-16-13-36(50)31-43(39)53-42-17-14-37(58-4)32-41(42)48;1-2/h5,8,10-18,28-33H,1,6-7,9,19-27H2,2-4H3,(H,51,57)(H,52,53);1-2H3. The highest BCUT2D eigenvalue weighted by atomic mass is 35.5. The summed E-state index contributed by atoms with van der Waals surface area (Å²) >= 11 is 7.96. The number of allylic oxidation sites excluding steroid dienone is 1. The van der Waals surface area contributed by atoms with E-state index in [1.54, 1.807) is 29.1 Å². The van der Waals surface area contributed by atoms with Crippen molar-refractivity contribution in [3.63, 3.8) is 0 Å². The number of benzene rings is 4. The number of amides is 1. The minimum atomic E-state index is -0.222. The number of hydrogen-bond acceptors (Lipinski definition) is 10. The highest BCUT2D eigenvalue weighted by Crippen LogP contribution is 2.36. The molecule has 0 bridgehead atoms. The molecule has 7 aromatic rings. The van der Waals surface area contributed by atoms with Gasteiger partial charge in [-0.05, 0) is 117 Å². The summed E-state index contributed by atoms with van der Waals surface area (Å²) in [5.41, 5.74) is 5.85. The van der Waals surface area contributed by atoms with Crippen LogP contribution < -0.4 is 15.4 Å². The van der Waals surface area contributed by atoms with Crippen LogP contribution in [0.5, 0.6) is 5.75 Å². The quantitative estimate of drug-likeness (QED) is 0.0368. The smallest absolute Gasteiger partial charge is 0.254 e. The van der Waals surface area contributed by atoms with Crippen molar-refractivity contribution >= 4 is 84.1 Å². The van der Waals surface area contributed by atoms with Crippen LogP contribution in [0.3, 0.4) is 0 Å². The van der Waals surface area contributed by atoms with E-state index in [1.807, 2.05) is 92.0 Å². The van der Waals surface area contributed by atoms with Crippen molar-refractivity contribution in [3.8, 4) is 16.2 Å². The Balaban J connectivity index is 0.00000335. The number of carbonyl (C=O) groups excluding carboxylic acids is 2. The van der Waals surface area contributed by atoms with Crippen molar-refractivity contribution in [2.75, 3.05) is 78.2 Å². The van der Waals surface area contributed by atoms with Gasteiger partial charge >= 0.3 is 0 Å². The third-order valence-corrected chi connectivity index (χ3v) is 12.1. The number of methoxy groups -OCH3 is 1. The molecule has 0 aliphatic rings. The van der Waals surface area contributed by atoms with Gasteiger partial charge < -0.3 is 34.5 Å². The van der Waals surface area contributed by atoms with Crippen LogP contribution >= 0.6 is 22.9 Å². The van der Waals surface area contributed by atoms with Gasteiger partial charge in [-0.25, -0.2) is 4.98 Å². The lowest BCUT2D eigenvalue weighted by atomic mass is 10.1. The zero-order valence-corrected chi connectivity index (χ0v) is 39.2. The van der Waals surface area contributed by atoms with E-state index in [0.29, 0.717) is 56.8 Å². The number of ether oxygens (including phenoxy) is 4. The molecular formula is C51H60ClN5O6S. The number of hydrogen-bond donors (Lipinski definition) is 2. The fourth-order valence-electron chi connectivity index (χ4n) is 7.71. The lowest BCUT2D eigenvalue weighted by Gasteiger charge is -2.23. The Bertz CT molecular complexity index is 2650. The van der Waals surface area contributed by atoms with Gasteiger partial charge in [-0.3, -0.25) is 14.2 Å². The largest absolute Gasteiger partial charge is 0.497 e. The van der Waals surface area contributed by atoms with Crippen molar-refractivity contribution in [1.82, 2.24) is 19.8 Å². The predicted molar refractivity (Wildman–Crippen MR) is 265 cm³/mol. The molecule has 3 aromatic heterocycles. The molecule has 2 N–H and O–H groups in total. The second kappa shape index (κ2) is 24.1. The number of thiophene rings is 1. The molecule has 0 spiro atoms. The van der Waals surface area contributed by atoms with E-state index < -0.39 is 0 Å².